The summed E-state index contributed by atoms with van der Waals surface area (Å²) in [6, 6.07) is 7.13. The van der Waals surface area contributed by atoms with Crippen LogP contribution in [-0.4, -0.2) is 30.6 Å². The molecule has 0 aromatic heterocycles. The molecule has 1 unspecified atom stereocenters. The Balaban J connectivity index is 1.81. The average molecular weight is 358 g/mol. The van der Waals surface area contributed by atoms with Crippen LogP contribution in [0.2, 0.25) is 0 Å². The predicted octanol–water partition coefficient (Wildman–Crippen LogP) is 3.17. The molecule has 3 heteroatoms. The summed E-state index contributed by atoms with van der Waals surface area (Å²) < 4.78 is 1.40. The molecule has 2 rings (SSSR count). The lowest BCUT2D eigenvalue weighted by Gasteiger charge is -2.21. The largest absolute Gasteiger partial charge is 0.309 e. The number of rotatable bonds is 5. The van der Waals surface area contributed by atoms with E-state index in [0.717, 1.165) is 6.54 Å². The van der Waals surface area contributed by atoms with Crippen molar-refractivity contribution >= 4 is 22.6 Å². The Labute approximate surface area is 124 Å². The first-order valence-corrected chi connectivity index (χ1v) is 7.94. The van der Waals surface area contributed by atoms with E-state index in [-0.39, 0.29) is 0 Å². The van der Waals surface area contributed by atoms with Crippen LogP contribution in [0.15, 0.2) is 18.2 Å². The van der Waals surface area contributed by atoms with Gasteiger partial charge in [-0.1, -0.05) is 18.2 Å². The van der Waals surface area contributed by atoms with Crippen LogP contribution < -0.4 is 5.32 Å². The first-order valence-electron chi connectivity index (χ1n) is 6.86. The quantitative estimate of drug-likeness (QED) is 0.814. The second-order valence-electron chi connectivity index (χ2n) is 5.34. The second kappa shape index (κ2) is 6.87. The van der Waals surface area contributed by atoms with Gasteiger partial charge >= 0.3 is 0 Å². The average Bonchev–Trinajstić information content (AvgIpc) is 2.84. The summed E-state index contributed by atoms with van der Waals surface area (Å²) in [6.45, 7) is 9.21. The SMILES string of the molecule is Cc1cccc(CNC(C)CN2CCCC2)c1I. The van der Waals surface area contributed by atoms with Crippen LogP contribution in [-0.2, 0) is 6.54 Å². The van der Waals surface area contributed by atoms with Crippen molar-refractivity contribution in [1.29, 1.82) is 0 Å². The smallest absolute Gasteiger partial charge is 0.0219 e. The molecule has 1 saturated heterocycles. The van der Waals surface area contributed by atoms with E-state index in [0.29, 0.717) is 6.04 Å². The highest BCUT2D eigenvalue weighted by molar-refractivity contribution is 14.1. The molecule has 1 aromatic rings. The molecule has 1 aliphatic heterocycles. The van der Waals surface area contributed by atoms with Crippen LogP contribution in [0.1, 0.15) is 30.9 Å². The lowest BCUT2D eigenvalue weighted by Crippen LogP contribution is -2.37. The number of likely N-dealkylation sites (tertiary alicyclic amines) is 1. The van der Waals surface area contributed by atoms with Crippen molar-refractivity contribution in [1.82, 2.24) is 10.2 Å². The summed E-state index contributed by atoms with van der Waals surface area (Å²) in [6.07, 6.45) is 2.75. The molecule has 0 saturated carbocycles. The van der Waals surface area contributed by atoms with Gasteiger partial charge in [0.25, 0.3) is 0 Å². The molecule has 1 fully saturated rings. The Morgan fingerprint density at radius 3 is 2.78 bits per heavy atom. The maximum absolute atomic E-state index is 3.65. The van der Waals surface area contributed by atoms with Gasteiger partial charge in [0.15, 0.2) is 0 Å². The highest BCUT2D eigenvalue weighted by Gasteiger charge is 2.14. The Morgan fingerprint density at radius 1 is 1.33 bits per heavy atom. The van der Waals surface area contributed by atoms with E-state index < -0.39 is 0 Å². The molecule has 1 atom stereocenters. The third-order valence-electron chi connectivity index (χ3n) is 3.64. The summed E-state index contributed by atoms with van der Waals surface area (Å²) in [5.41, 5.74) is 2.80. The van der Waals surface area contributed by atoms with Gasteiger partial charge in [-0.2, -0.15) is 0 Å². The molecule has 0 radical (unpaired) electrons. The van der Waals surface area contributed by atoms with E-state index in [4.69, 9.17) is 0 Å². The zero-order valence-electron chi connectivity index (χ0n) is 11.4. The normalized spacial score (nSPS) is 18.2. The molecule has 0 spiro atoms. The van der Waals surface area contributed by atoms with Gasteiger partial charge in [0, 0.05) is 22.7 Å². The van der Waals surface area contributed by atoms with Gasteiger partial charge < -0.3 is 10.2 Å². The molecule has 2 nitrogen and oxygen atoms in total. The lowest BCUT2D eigenvalue weighted by atomic mass is 10.1. The van der Waals surface area contributed by atoms with Gasteiger partial charge in [0.2, 0.25) is 0 Å². The molecule has 100 valence electrons. The van der Waals surface area contributed by atoms with Gasteiger partial charge in [-0.05, 0) is 73.5 Å². The number of hydrogen-bond acceptors (Lipinski definition) is 2. The Morgan fingerprint density at radius 2 is 2.06 bits per heavy atom. The van der Waals surface area contributed by atoms with E-state index in [2.05, 4.69) is 64.9 Å². The topological polar surface area (TPSA) is 15.3 Å². The highest BCUT2D eigenvalue weighted by Crippen LogP contribution is 2.16. The zero-order valence-corrected chi connectivity index (χ0v) is 13.5. The highest BCUT2D eigenvalue weighted by atomic mass is 127. The van der Waals surface area contributed by atoms with Crippen molar-refractivity contribution in [3.63, 3.8) is 0 Å². The minimum atomic E-state index is 0.569. The minimum absolute atomic E-state index is 0.569. The maximum atomic E-state index is 3.65. The second-order valence-corrected chi connectivity index (χ2v) is 6.42. The van der Waals surface area contributed by atoms with E-state index in [1.807, 2.05) is 0 Å². The molecule has 0 aliphatic carbocycles. The summed E-state index contributed by atoms with van der Waals surface area (Å²) in [5, 5.41) is 3.65. The minimum Gasteiger partial charge on any atom is -0.309 e. The standard InChI is InChI=1S/C15H23IN2/c1-12-6-5-7-14(15(12)16)10-17-13(2)11-18-8-3-4-9-18/h5-7,13,17H,3-4,8-11H2,1-2H3. The molecule has 1 N–H and O–H groups in total. The molecule has 1 aliphatic rings. The van der Waals surface area contributed by atoms with E-state index in [1.54, 1.807) is 0 Å². The van der Waals surface area contributed by atoms with Crippen LogP contribution in [0, 0.1) is 10.5 Å². The van der Waals surface area contributed by atoms with Crippen molar-refractivity contribution < 1.29 is 0 Å². The fourth-order valence-electron chi connectivity index (χ4n) is 2.55. The maximum Gasteiger partial charge on any atom is 0.0219 e. The van der Waals surface area contributed by atoms with Crippen molar-refractivity contribution in [3.8, 4) is 0 Å². The van der Waals surface area contributed by atoms with Gasteiger partial charge in [-0.15, -0.1) is 0 Å². The first kappa shape index (κ1) is 14.3. The Bertz CT molecular complexity index is 386. The van der Waals surface area contributed by atoms with E-state index in [1.165, 1.54) is 47.2 Å². The predicted molar refractivity (Wildman–Crippen MR) is 85.9 cm³/mol. The van der Waals surface area contributed by atoms with Crippen molar-refractivity contribution in [3.05, 3.63) is 32.9 Å². The summed E-state index contributed by atoms with van der Waals surface area (Å²) in [4.78, 5) is 2.57. The third-order valence-corrected chi connectivity index (χ3v) is 5.19. The van der Waals surface area contributed by atoms with Crippen LogP contribution in [0.25, 0.3) is 0 Å². The number of nitrogens with zero attached hydrogens (tertiary/aromatic N) is 1. The number of hydrogen-bond donors (Lipinski definition) is 1. The zero-order chi connectivity index (χ0) is 13.0. The summed E-state index contributed by atoms with van der Waals surface area (Å²) in [5.74, 6) is 0. The number of halogens is 1. The summed E-state index contributed by atoms with van der Waals surface area (Å²) in [7, 11) is 0. The van der Waals surface area contributed by atoms with Crippen molar-refractivity contribution in [2.75, 3.05) is 19.6 Å². The molecular weight excluding hydrogens is 335 g/mol. The van der Waals surface area contributed by atoms with Gasteiger partial charge in [0.1, 0.15) is 0 Å². The fourth-order valence-corrected chi connectivity index (χ4v) is 3.10. The van der Waals surface area contributed by atoms with Crippen LogP contribution in [0.4, 0.5) is 0 Å². The molecule has 18 heavy (non-hydrogen) atoms. The van der Waals surface area contributed by atoms with Crippen LogP contribution in [0.5, 0.6) is 0 Å². The molecular formula is C15H23IN2. The van der Waals surface area contributed by atoms with Crippen LogP contribution in [0.3, 0.4) is 0 Å². The molecule has 0 amide bonds. The van der Waals surface area contributed by atoms with Crippen LogP contribution >= 0.6 is 22.6 Å². The fraction of sp³-hybridized carbons (Fsp3) is 0.600. The van der Waals surface area contributed by atoms with Crippen molar-refractivity contribution in [2.24, 2.45) is 0 Å². The first-order chi connectivity index (χ1) is 8.66. The van der Waals surface area contributed by atoms with E-state index in [9.17, 15) is 0 Å². The summed E-state index contributed by atoms with van der Waals surface area (Å²) >= 11 is 2.45. The van der Waals surface area contributed by atoms with Gasteiger partial charge in [0.05, 0.1) is 0 Å². The lowest BCUT2D eigenvalue weighted by molar-refractivity contribution is 0.298. The molecule has 0 bridgehead atoms. The molecule has 1 heterocycles. The number of nitrogens with one attached hydrogen (secondary N) is 1. The van der Waals surface area contributed by atoms with E-state index >= 15 is 0 Å². The molecule has 1 aromatic carbocycles. The number of benzene rings is 1. The van der Waals surface area contributed by atoms with Gasteiger partial charge in [-0.25, -0.2) is 0 Å². The Kier molecular flexibility index (Phi) is 5.45. The van der Waals surface area contributed by atoms with Crippen molar-refractivity contribution in [2.45, 2.75) is 39.3 Å². The van der Waals surface area contributed by atoms with Gasteiger partial charge in [-0.3, -0.25) is 0 Å². The monoisotopic (exact) mass is 358 g/mol. The third kappa shape index (κ3) is 3.93. The Hall–Kier alpha value is -0.130. The number of aryl methyl sites for hydroxylation is 1.